The maximum Gasteiger partial charge on any atom is 0.153 e. The molecule has 0 saturated carbocycles. The van der Waals surface area contributed by atoms with E-state index in [0.29, 0.717) is 21.4 Å². The number of thiophene rings is 1. The van der Waals surface area contributed by atoms with Crippen molar-refractivity contribution < 1.29 is 4.79 Å². The van der Waals surface area contributed by atoms with Gasteiger partial charge in [-0.05, 0) is 40.2 Å². The van der Waals surface area contributed by atoms with E-state index in [-0.39, 0.29) is 0 Å². The predicted octanol–water partition coefficient (Wildman–Crippen LogP) is 4.22. The minimum atomic E-state index is 0.508. The summed E-state index contributed by atoms with van der Waals surface area (Å²) < 4.78 is 3.13. The summed E-state index contributed by atoms with van der Waals surface area (Å²) in [6, 6.07) is 7.32. The largest absolute Gasteiger partial charge is 0.298 e. The first-order valence-corrected chi connectivity index (χ1v) is 7.58. The summed E-state index contributed by atoms with van der Waals surface area (Å²) in [4.78, 5) is 16.3. The van der Waals surface area contributed by atoms with Gasteiger partial charge in [0, 0.05) is 16.9 Å². The molecule has 0 unspecified atom stereocenters. The molecule has 7 heteroatoms. The highest BCUT2D eigenvalue weighted by Gasteiger charge is 2.14. The summed E-state index contributed by atoms with van der Waals surface area (Å²) in [6.45, 7) is 0. The van der Waals surface area contributed by atoms with Crippen molar-refractivity contribution in [3.8, 4) is 16.4 Å². The van der Waals surface area contributed by atoms with Crippen molar-refractivity contribution in [1.29, 1.82) is 0 Å². The summed E-state index contributed by atoms with van der Waals surface area (Å²) in [7, 11) is 0. The molecule has 0 aliphatic carbocycles. The molecule has 4 nitrogen and oxygen atoms in total. The summed E-state index contributed by atoms with van der Waals surface area (Å²) in [5, 5.41) is 4.42. The van der Waals surface area contributed by atoms with Crippen LogP contribution in [0.5, 0.6) is 0 Å². The van der Waals surface area contributed by atoms with Gasteiger partial charge in [0.05, 0.1) is 14.8 Å². The number of nitrogens with zero attached hydrogens (tertiary/aromatic N) is 3. The topological polar surface area (TPSA) is 47.8 Å². The van der Waals surface area contributed by atoms with Crippen molar-refractivity contribution in [3.63, 3.8) is 0 Å². The van der Waals surface area contributed by atoms with Gasteiger partial charge in [0.2, 0.25) is 0 Å². The van der Waals surface area contributed by atoms with Gasteiger partial charge < -0.3 is 0 Å². The van der Waals surface area contributed by atoms with E-state index >= 15 is 0 Å². The first-order valence-electron chi connectivity index (χ1n) is 5.60. The fourth-order valence-electron chi connectivity index (χ4n) is 1.73. The van der Waals surface area contributed by atoms with Gasteiger partial charge in [-0.15, -0.1) is 11.3 Å². The van der Waals surface area contributed by atoms with Crippen molar-refractivity contribution >= 4 is 45.2 Å². The second-order valence-corrected chi connectivity index (χ2v) is 6.56. The van der Waals surface area contributed by atoms with Crippen LogP contribution in [0.4, 0.5) is 0 Å². The molecule has 0 aliphatic rings. The van der Waals surface area contributed by atoms with E-state index < -0.39 is 0 Å². The Labute approximate surface area is 132 Å². The molecule has 20 heavy (non-hydrogen) atoms. The van der Waals surface area contributed by atoms with E-state index in [1.54, 1.807) is 23.1 Å². The maximum absolute atomic E-state index is 11.2. The van der Waals surface area contributed by atoms with Crippen molar-refractivity contribution in [2.75, 3.05) is 0 Å². The summed E-state index contributed by atoms with van der Waals surface area (Å²) in [5.41, 5.74) is 1.12. The zero-order valence-electron chi connectivity index (χ0n) is 9.96. The molecule has 0 aromatic carbocycles. The van der Waals surface area contributed by atoms with Gasteiger partial charge in [0.1, 0.15) is 5.69 Å². The number of carbonyl (C=O) groups excluding carboxylic acids is 1. The molecule has 100 valence electrons. The normalized spacial score (nSPS) is 10.7. The van der Waals surface area contributed by atoms with Gasteiger partial charge in [-0.3, -0.25) is 4.79 Å². The van der Waals surface area contributed by atoms with Crippen LogP contribution in [0.15, 0.2) is 41.1 Å². The monoisotopic (exact) mass is 367 g/mol. The molecule has 3 rings (SSSR count). The van der Waals surface area contributed by atoms with Gasteiger partial charge >= 0.3 is 0 Å². The van der Waals surface area contributed by atoms with Crippen molar-refractivity contribution in [2.45, 2.75) is 0 Å². The van der Waals surface area contributed by atoms with Crippen molar-refractivity contribution in [1.82, 2.24) is 14.8 Å². The Morgan fingerprint density at radius 1 is 1.30 bits per heavy atom. The highest BCUT2D eigenvalue weighted by atomic mass is 79.9. The van der Waals surface area contributed by atoms with E-state index in [0.717, 1.165) is 15.6 Å². The molecule has 3 heterocycles. The molecule has 0 radical (unpaired) electrons. The van der Waals surface area contributed by atoms with Crippen LogP contribution in [0, 0.1) is 0 Å². The average Bonchev–Trinajstić information content (AvgIpc) is 3.05. The number of hydrogen-bond donors (Lipinski definition) is 0. The van der Waals surface area contributed by atoms with Crippen molar-refractivity contribution in [3.05, 3.63) is 51.0 Å². The Balaban J connectivity index is 2.09. The first kappa shape index (κ1) is 13.5. The van der Waals surface area contributed by atoms with E-state index in [1.807, 2.05) is 18.2 Å². The fraction of sp³-hybridized carbons (Fsp3) is 0. The van der Waals surface area contributed by atoms with Gasteiger partial charge in [0.15, 0.2) is 12.1 Å². The molecule has 0 bridgehead atoms. The molecule has 3 aromatic rings. The first-order chi connectivity index (χ1) is 9.67. The lowest BCUT2D eigenvalue weighted by molar-refractivity contribution is 0.112. The lowest BCUT2D eigenvalue weighted by atomic mass is 10.2. The van der Waals surface area contributed by atoms with Gasteiger partial charge in [0.25, 0.3) is 0 Å². The zero-order chi connectivity index (χ0) is 14.1. The summed E-state index contributed by atoms with van der Waals surface area (Å²) >= 11 is 10.6. The smallest absolute Gasteiger partial charge is 0.153 e. The number of rotatable bonds is 3. The summed E-state index contributed by atoms with van der Waals surface area (Å²) in [6.07, 6.45) is 4.12. The van der Waals surface area contributed by atoms with Crippen LogP contribution in [0.1, 0.15) is 10.4 Å². The molecular weight excluding hydrogens is 362 g/mol. The van der Waals surface area contributed by atoms with Crippen LogP contribution in [-0.4, -0.2) is 21.1 Å². The van der Waals surface area contributed by atoms with E-state index in [9.17, 15) is 4.79 Å². The third-order valence-corrected chi connectivity index (χ3v) is 4.33. The Bertz CT molecular complexity index is 766. The van der Waals surface area contributed by atoms with E-state index in [1.165, 1.54) is 11.3 Å². The number of pyridine rings is 1. The lowest BCUT2D eigenvalue weighted by Crippen LogP contribution is -1.97. The quantitative estimate of drug-likeness (QED) is 0.650. The zero-order valence-corrected chi connectivity index (χ0v) is 13.1. The van der Waals surface area contributed by atoms with Crippen LogP contribution in [-0.2, 0) is 0 Å². The van der Waals surface area contributed by atoms with Gasteiger partial charge in [-0.25, -0.2) is 9.67 Å². The maximum atomic E-state index is 11.2. The third kappa shape index (κ3) is 2.54. The highest BCUT2D eigenvalue weighted by molar-refractivity contribution is 9.10. The Morgan fingerprint density at radius 2 is 2.15 bits per heavy atom. The molecule has 0 saturated heterocycles. The summed E-state index contributed by atoms with van der Waals surface area (Å²) in [5.74, 6) is 0.644. The molecular formula is C13H7BrClN3OS. The second kappa shape index (κ2) is 5.47. The van der Waals surface area contributed by atoms with Crippen molar-refractivity contribution in [2.24, 2.45) is 0 Å². The SMILES string of the molecule is O=Cc1cn(-c2ccc(Br)cn2)nc1-c1ccc(Cl)s1. The Hall–Kier alpha value is -1.50. The van der Waals surface area contributed by atoms with E-state index in [4.69, 9.17) is 11.6 Å². The number of hydrogen-bond acceptors (Lipinski definition) is 4. The molecule has 0 N–H and O–H groups in total. The Morgan fingerprint density at radius 3 is 2.75 bits per heavy atom. The fourth-order valence-corrected chi connectivity index (χ4v) is 3.01. The van der Waals surface area contributed by atoms with Gasteiger partial charge in [-0.2, -0.15) is 5.10 Å². The Kier molecular flexibility index (Phi) is 3.69. The van der Waals surface area contributed by atoms with Crippen LogP contribution < -0.4 is 0 Å². The minimum absolute atomic E-state index is 0.508. The molecule has 0 spiro atoms. The number of halogens is 2. The van der Waals surface area contributed by atoms with Gasteiger partial charge in [-0.1, -0.05) is 11.6 Å². The lowest BCUT2D eigenvalue weighted by Gasteiger charge is -1.99. The van der Waals surface area contributed by atoms with Crippen LogP contribution in [0.2, 0.25) is 4.34 Å². The van der Waals surface area contributed by atoms with Crippen LogP contribution in [0.25, 0.3) is 16.4 Å². The number of carbonyl (C=O) groups is 1. The molecule has 0 amide bonds. The van der Waals surface area contributed by atoms with E-state index in [2.05, 4.69) is 26.0 Å². The standard InChI is InChI=1S/C13H7BrClN3OS/c14-9-1-4-12(16-5-9)18-6-8(7-19)13(17-18)10-2-3-11(15)20-10/h1-7H. The predicted molar refractivity (Wildman–Crippen MR) is 82.8 cm³/mol. The van der Waals surface area contributed by atoms with Crippen LogP contribution in [0.3, 0.4) is 0 Å². The number of aromatic nitrogens is 3. The molecule has 0 fully saturated rings. The average molecular weight is 369 g/mol. The third-order valence-electron chi connectivity index (χ3n) is 2.62. The molecule has 0 atom stereocenters. The number of aldehydes is 1. The van der Waals surface area contributed by atoms with Crippen LogP contribution >= 0.6 is 38.9 Å². The minimum Gasteiger partial charge on any atom is -0.298 e. The highest BCUT2D eigenvalue weighted by Crippen LogP contribution is 2.32. The second-order valence-electron chi connectivity index (χ2n) is 3.93. The molecule has 0 aliphatic heterocycles. The molecule has 3 aromatic heterocycles.